The van der Waals surface area contributed by atoms with Gasteiger partial charge in [-0.2, -0.15) is 4.98 Å². The van der Waals surface area contributed by atoms with Gasteiger partial charge in [0.05, 0.1) is 30.0 Å². The third-order valence-electron chi connectivity index (χ3n) is 4.68. The fraction of sp³-hybridized carbons (Fsp3) is 0.190. The maximum atomic E-state index is 14.4. The number of H-pyrrole nitrogens is 1. The molecule has 12 heteroatoms. The Balaban J connectivity index is 1.70. The lowest BCUT2D eigenvalue weighted by Crippen LogP contribution is -2.15. The van der Waals surface area contributed by atoms with Gasteiger partial charge < -0.3 is 19.3 Å². The summed E-state index contributed by atoms with van der Waals surface area (Å²) >= 11 is 6.32. The normalized spacial score (nSPS) is 11.1. The molecule has 4 rings (SSSR count). The Hall–Kier alpha value is -3.70. The van der Waals surface area contributed by atoms with E-state index in [4.69, 9.17) is 30.9 Å². The number of aliphatic hydroxyl groups excluding tert-OH is 1. The molecule has 0 radical (unpaired) electrons. The number of imidazole rings is 1. The summed E-state index contributed by atoms with van der Waals surface area (Å²) in [7, 11) is 1.41. The van der Waals surface area contributed by atoms with Gasteiger partial charge in [-0.15, -0.1) is 0 Å². The summed E-state index contributed by atoms with van der Waals surface area (Å²) in [5.74, 6) is -1.77. The lowest BCUT2D eigenvalue weighted by molar-refractivity contribution is 0.195. The minimum Gasteiger partial charge on any atom is -0.491 e. The van der Waals surface area contributed by atoms with Crippen LogP contribution in [0.15, 0.2) is 41.5 Å². The average Bonchev–Trinajstić information content (AvgIpc) is 3.15. The van der Waals surface area contributed by atoms with Gasteiger partial charge in [0.25, 0.3) is 0 Å². The Morgan fingerprint density at radius 3 is 2.76 bits per heavy atom. The van der Waals surface area contributed by atoms with Gasteiger partial charge in [-0.1, -0.05) is 11.6 Å². The number of nitrogens with one attached hydrogen (secondary N) is 1. The third-order valence-corrected chi connectivity index (χ3v) is 5.00. The second kappa shape index (κ2) is 9.43. The number of halogens is 3. The Morgan fingerprint density at radius 2 is 2.00 bits per heavy atom. The maximum Gasteiger partial charge on any atom is 0.332 e. The van der Waals surface area contributed by atoms with E-state index in [1.807, 2.05) is 0 Å². The lowest BCUT2D eigenvalue weighted by Gasteiger charge is -2.14. The highest BCUT2D eigenvalue weighted by molar-refractivity contribution is 6.32. The summed E-state index contributed by atoms with van der Waals surface area (Å²) in [5, 5.41) is 9.16. The predicted molar refractivity (Wildman–Crippen MR) is 114 cm³/mol. The molecule has 2 aromatic heterocycles. The van der Waals surface area contributed by atoms with Crippen molar-refractivity contribution in [2.24, 2.45) is 0 Å². The van der Waals surface area contributed by atoms with Crippen molar-refractivity contribution in [3.63, 3.8) is 0 Å². The van der Waals surface area contributed by atoms with Crippen LogP contribution in [-0.4, -0.2) is 44.9 Å². The minimum atomic E-state index is -1.13. The Labute approximate surface area is 190 Å². The van der Waals surface area contributed by atoms with E-state index >= 15 is 0 Å². The highest BCUT2D eigenvalue weighted by atomic mass is 35.5. The van der Waals surface area contributed by atoms with Crippen molar-refractivity contribution in [2.45, 2.75) is 6.61 Å². The van der Waals surface area contributed by atoms with Crippen molar-refractivity contribution >= 4 is 22.8 Å². The Bertz CT molecular complexity index is 1380. The molecule has 0 aliphatic rings. The summed E-state index contributed by atoms with van der Waals surface area (Å²) in [4.78, 5) is 23.3. The van der Waals surface area contributed by atoms with E-state index in [9.17, 15) is 13.6 Å². The van der Waals surface area contributed by atoms with Gasteiger partial charge in [-0.05, 0) is 24.3 Å². The molecule has 33 heavy (non-hydrogen) atoms. The van der Waals surface area contributed by atoms with E-state index < -0.39 is 17.3 Å². The first-order valence-electron chi connectivity index (χ1n) is 9.57. The molecule has 4 aromatic rings. The van der Waals surface area contributed by atoms with Crippen molar-refractivity contribution in [3.8, 4) is 23.1 Å². The van der Waals surface area contributed by atoms with E-state index in [0.717, 1.165) is 6.07 Å². The number of rotatable bonds is 8. The van der Waals surface area contributed by atoms with Gasteiger partial charge in [-0.3, -0.25) is 4.98 Å². The van der Waals surface area contributed by atoms with E-state index in [2.05, 4.69) is 15.0 Å². The number of fused-ring (bicyclic) bond motifs is 1. The summed E-state index contributed by atoms with van der Waals surface area (Å²) in [6.07, 6.45) is 1.24. The van der Waals surface area contributed by atoms with Gasteiger partial charge in [0, 0.05) is 6.07 Å². The van der Waals surface area contributed by atoms with Crippen LogP contribution in [0.25, 0.3) is 16.9 Å². The molecule has 9 nitrogen and oxygen atoms in total. The van der Waals surface area contributed by atoms with Crippen molar-refractivity contribution < 1.29 is 28.1 Å². The van der Waals surface area contributed by atoms with Crippen LogP contribution in [0, 0.1) is 11.6 Å². The van der Waals surface area contributed by atoms with Gasteiger partial charge in [-0.25, -0.2) is 23.1 Å². The third kappa shape index (κ3) is 4.32. The Morgan fingerprint density at radius 1 is 1.18 bits per heavy atom. The van der Waals surface area contributed by atoms with Crippen LogP contribution >= 0.6 is 11.6 Å². The second-order valence-corrected chi connectivity index (χ2v) is 7.07. The second-order valence-electron chi connectivity index (χ2n) is 6.66. The summed E-state index contributed by atoms with van der Waals surface area (Å²) in [6.45, 7) is -0.782. The fourth-order valence-corrected chi connectivity index (χ4v) is 3.39. The molecule has 0 spiro atoms. The first-order valence-corrected chi connectivity index (χ1v) is 9.95. The van der Waals surface area contributed by atoms with E-state index in [0.29, 0.717) is 0 Å². The van der Waals surface area contributed by atoms with Crippen molar-refractivity contribution in [1.29, 1.82) is 0 Å². The Kier molecular flexibility index (Phi) is 6.43. The molecule has 172 valence electrons. The molecule has 0 fully saturated rings. The molecule has 0 atom stereocenters. The molecule has 0 saturated heterocycles. The largest absolute Gasteiger partial charge is 0.491 e. The minimum absolute atomic E-state index is 0.0359. The van der Waals surface area contributed by atoms with Crippen LogP contribution in [0.3, 0.4) is 0 Å². The standard InChI is InChI=1S/C21H17ClF2N4O5/c1-31-20-18-19(25-10-26-20)28(21(30)27-18)15-8-11(2-3-13(15)22)33-9-12-16(32-7-6-29)5-4-14(23)17(12)24/h2-5,8,10,29H,6-7,9H2,1H3,(H,27,30). The van der Waals surface area contributed by atoms with Gasteiger partial charge in [0.2, 0.25) is 5.88 Å². The molecule has 0 aliphatic heterocycles. The number of hydrogen-bond acceptors (Lipinski definition) is 7. The monoisotopic (exact) mass is 478 g/mol. The van der Waals surface area contributed by atoms with Crippen LogP contribution in [-0.2, 0) is 6.61 Å². The summed E-state index contributed by atoms with van der Waals surface area (Å²) in [5.41, 5.74) is 0.0321. The smallest absolute Gasteiger partial charge is 0.332 e. The van der Waals surface area contributed by atoms with Gasteiger partial charge in [0.1, 0.15) is 36.6 Å². The predicted octanol–water partition coefficient (Wildman–Crippen LogP) is 3.00. The molecule has 2 N–H and O–H groups in total. The summed E-state index contributed by atoms with van der Waals surface area (Å²) < 4.78 is 45.4. The topological polar surface area (TPSA) is 111 Å². The number of nitrogens with zero attached hydrogens (tertiary/aromatic N) is 3. The van der Waals surface area contributed by atoms with E-state index in [-0.39, 0.29) is 64.6 Å². The van der Waals surface area contributed by atoms with Gasteiger partial charge in [0.15, 0.2) is 17.3 Å². The number of ether oxygens (including phenoxy) is 3. The molecular weight excluding hydrogens is 462 g/mol. The van der Waals surface area contributed by atoms with E-state index in [1.54, 1.807) is 0 Å². The molecule has 0 saturated carbocycles. The number of methoxy groups -OCH3 is 1. The number of aliphatic hydroxyl groups is 1. The van der Waals surface area contributed by atoms with Crippen molar-refractivity contribution in [1.82, 2.24) is 19.5 Å². The average molecular weight is 479 g/mol. The lowest BCUT2D eigenvalue weighted by atomic mass is 10.2. The van der Waals surface area contributed by atoms with Crippen molar-refractivity contribution in [3.05, 3.63) is 69.4 Å². The first-order chi connectivity index (χ1) is 15.9. The number of hydrogen-bond donors (Lipinski definition) is 2. The van der Waals surface area contributed by atoms with E-state index in [1.165, 1.54) is 42.3 Å². The number of aromatic amines is 1. The van der Waals surface area contributed by atoms with Crippen LogP contribution in [0.4, 0.5) is 8.78 Å². The molecule has 0 aliphatic carbocycles. The highest BCUT2D eigenvalue weighted by Gasteiger charge is 2.19. The quantitative estimate of drug-likeness (QED) is 0.400. The van der Waals surface area contributed by atoms with Crippen LogP contribution in [0.5, 0.6) is 17.4 Å². The molecule has 2 heterocycles. The van der Waals surface area contributed by atoms with Gasteiger partial charge >= 0.3 is 5.69 Å². The number of aromatic nitrogens is 4. The molecule has 2 aromatic carbocycles. The fourth-order valence-electron chi connectivity index (χ4n) is 3.19. The SMILES string of the molecule is COc1ncnc2c1[nH]c(=O)n2-c1cc(OCc2c(OCCO)ccc(F)c2F)ccc1Cl. The molecule has 0 unspecified atom stereocenters. The molecular formula is C21H17ClF2N4O5. The molecule has 0 amide bonds. The van der Waals surface area contributed by atoms with Crippen LogP contribution in [0.1, 0.15) is 5.56 Å². The zero-order valence-corrected chi connectivity index (χ0v) is 17.9. The van der Waals surface area contributed by atoms with Crippen molar-refractivity contribution in [2.75, 3.05) is 20.3 Å². The maximum absolute atomic E-state index is 14.4. The van der Waals surface area contributed by atoms with Crippen LogP contribution in [0.2, 0.25) is 5.02 Å². The zero-order valence-electron chi connectivity index (χ0n) is 17.1. The van der Waals surface area contributed by atoms with Crippen LogP contribution < -0.4 is 19.9 Å². The number of benzene rings is 2. The first kappa shape index (κ1) is 22.5. The highest BCUT2D eigenvalue weighted by Crippen LogP contribution is 2.30. The zero-order chi connectivity index (χ0) is 23.5. The molecule has 0 bridgehead atoms. The summed E-state index contributed by atoms with van der Waals surface area (Å²) in [6, 6.07) is 6.62.